The molecule has 2 atom stereocenters. The second-order valence-electron chi connectivity index (χ2n) is 13.4. The summed E-state index contributed by atoms with van der Waals surface area (Å²) in [6, 6.07) is 10.2. The maximum atomic E-state index is 13.0. The van der Waals surface area contributed by atoms with Gasteiger partial charge in [0.05, 0.1) is 22.9 Å². The number of piperidine rings is 2. The van der Waals surface area contributed by atoms with E-state index in [2.05, 4.69) is 21.3 Å². The lowest BCUT2D eigenvalue weighted by atomic mass is 10.0. The second-order valence-corrected chi connectivity index (χ2v) is 13.4. The van der Waals surface area contributed by atoms with Crippen LogP contribution in [-0.4, -0.2) is 93.4 Å². The Hall–Kier alpha value is -5.94. The number of benzene rings is 2. The third-order valence-electron chi connectivity index (χ3n) is 9.23. The van der Waals surface area contributed by atoms with Gasteiger partial charge in [-0.25, -0.2) is 0 Å². The molecule has 0 spiro atoms. The fourth-order valence-corrected chi connectivity index (χ4v) is 6.25. The zero-order valence-corrected chi connectivity index (χ0v) is 30.0. The molecule has 290 valence electrons. The molecule has 2 aliphatic rings. The molecule has 2 fully saturated rings. The van der Waals surface area contributed by atoms with E-state index in [1.807, 2.05) is 0 Å². The second kappa shape index (κ2) is 20.3. The molecule has 2 aromatic carbocycles. The number of hydrogen-bond donors (Lipinski definition) is 4. The Morgan fingerprint density at radius 2 is 0.963 bits per heavy atom. The molecule has 4 rings (SSSR count). The zero-order valence-electron chi connectivity index (χ0n) is 30.0. The Bertz CT molecular complexity index is 1560. The van der Waals surface area contributed by atoms with Crippen LogP contribution in [0.1, 0.15) is 75.3 Å². The number of carbonyl (C=O) groups excluding carboxylic acids is 6. The average Bonchev–Trinajstić information content (AvgIpc) is 3.15. The Morgan fingerprint density at radius 3 is 1.31 bits per heavy atom. The maximum absolute atomic E-state index is 13.0. The largest absolute Gasteiger partial charge is 0.350 e. The van der Waals surface area contributed by atoms with Crippen LogP contribution in [0, 0.1) is 20.2 Å². The SMILES string of the molecule is O=C(CN1CCCC(NC(=O)CCCCCCC(=O)NC2CCCN(CC(=O)NCc3ccc([N+](=O)[O-])cc3)C2=O)C1=O)NCc1ccc([N+](=O)[O-])cc1. The predicted molar refractivity (Wildman–Crippen MR) is 193 cm³/mol. The topological polar surface area (TPSA) is 243 Å². The van der Waals surface area contributed by atoms with Gasteiger partial charge in [0.1, 0.15) is 12.1 Å². The van der Waals surface area contributed by atoms with E-state index in [9.17, 15) is 49.0 Å². The van der Waals surface area contributed by atoms with Crippen molar-refractivity contribution in [3.63, 3.8) is 0 Å². The summed E-state index contributed by atoms with van der Waals surface area (Å²) in [4.78, 5) is 99.4. The molecule has 0 bridgehead atoms. The van der Waals surface area contributed by atoms with Gasteiger partial charge >= 0.3 is 0 Å². The highest BCUT2D eigenvalue weighted by Gasteiger charge is 2.32. The number of likely N-dealkylation sites (tertiary alicyclic amines) is 2. The van der Waals surface area contributed by atoms with E-state index < -0.39 is 21.9 Å². The molecule has 0 aromatic heterocycles. The molecule has 0 radical (unpaired) electrons. The third kappa shape index (κ3) is 12.9. The highest BCUT2D eigenvalue weighted by molar-refractivity contribution is 5.92. The Kier molecular flexibility index (Phi) is 15.4. The number of unbranched alkanes of at least 4 members (excludes halogenated alkanes) is 3. The molecule has 18 nitrogen and oxygen atoms in total. The molecule has 2 aromatic rings. The molecule has 54 heavy (non-hydrogen) atoms. The lowest BCUT2D eigenvalue weighted by Gasteiger charge is -2.32. The minimum atomic E-state index is -0.715. The molecule has 18 heteroatoms. The van der Waals surface area contributed by atoms with Crippen LogP contribution in [0.15, 0.2) is 48.5 Å². The molecular weight excluding hydrogens is 704 g/mol. The Balaban J connectivity index is 1.06. The average molecular weight is 751 g/mol. The minimum Gasteiger partial charge on any atom is -0.350 e. The van der Waals surface area contributed by atoms with Crippen LogP contribution in [0.2, 0.25) is 0 Å². The number of carbonyl (C=O) groups is 6. The molecule has 2 unspecified atom stereocenters. The van der Waals surface area contributed by atoms with Crippen molar-refractivity contribution in [3.05, 3.63) is 79.9 Å². The lowest BCUT2D eigenvalue weighted by Crippen LogP contribution is -2.54. The van der Waals surface area contributed by atoms with Crippen molar-refractivity contribution in [1.29, 1.82) is 0 Å². The molecule has 2 saturated heterocycles. The highest BCUT2D eigenvalue weighted by atomic mass is 16.6. The summed E-state index contributed by atoms with van der Waals surface area (Å²) in [6.45, 7) is 0.764. The summed E-state index contributed by atoms with van der Waals surface area (Å²) in [7, 11) is 0. The summed E-state index contributed by atoms with van der Waals surface area (Å²) < 4.78 is 0. The summed E-state index contributed by atoms with van der Waals surface area (Å²) in [5.41, 5.74) is 1.25. The first kappa shape index (κ1) is 40.8. The van der Waals surface area contributed by atoms with E-state index >= 15 is 0 Å². The normalized spacial score (nSPS) is 17.0. The molecule has 6 amide bonds. The number of rotatable bonds is 19. The van der Waals surface area contributed by atoms with Gasteiger partial charge in [-0.3, -0.25) is 49.0 Å². The van der Waals surface area contributed by atoms with E-state index in [4.69, 9.17) is 0 Å². The van der Waals surface area contributed by atoms with E-state index in [1.165, 1.54) is 34.1 Å². The van der Waals surface area contributed by atoms with Gasteiger partial charge in [-0.2, -0.15) is 0 Å². The van der Waals surface area contributed by atoms with Crippen molar-refractivity contribution >= 4 is 46.8 Å². The predicted octanol–water partition coefficient (Wildman–Crippen LogP) is 1.99. The first-order valence-electron chi connectivity index (χ1n) is 18.1. The molecule has 4 N–H and O–H groups in total. The van der Waals surface area contributed by atoms with Gasteiger partial charge in [0.25, 0.3) is 11.4 Å². The van der Waals surface area contributed by atoms with Crippen molar-refractivity contribution in [2.45, 2.75) is 89.4 Å². The van der Waals surface area contributed by atoms with Gasteiger partial charge in [-0.15, -0.1) is 0 Å². The van der Waals surface area contributed by atoms with Gasteiger partial charge < -0.3 is 31.1 Å². The van der Waals surface area contributed by atoms with Crippen LogP contribution in [0.4, 0.5) is 11.4 Å². The van der Waals surface area contributed by atoms with Gasteiger partial charge in [-0.05, 0) is 49.7 Å². The van der Waals surface area contributed by atoms with Crippen molar-refractivity contribution in [2.24, 2.45) is 0 Å². The zero-order chi connectivity index (χ0) is 39.0. The van der Waals surface area contributed by atoms with Crippen LogP contribution in [0.3, 0.4) is 0 Å². The third-order valence-corrected chi connectivity index (χ3v) is 9.23. The summed E-state index contributed by atoms with van der Waals surface area (Å²) >= 11 is 0. The summed E-state index contributed by atoms with van der Waals surface area (Å²) in [5.74, 6) is -1.95. The summed E-state index contributed by atoms with van der Waals surface area (Å²) in [6.07, 6.45) is 5.10. The van der Waals surface area contributed by atoms with Crippen LogP contribution in [-0.2, 0) is 41.9 Å². The van der Waals surface area contributed by atoms with Crippen LogP contribution >= 0.6 is 0 Å². The van der Waals surface area contributed by atoms with Crippen LogP contribution < -0.4 is 21.3 Å². The first-order chi connectivity index (χ1) is 25.9. The fraction of sp³-hybridized carbons (Fsp3) is 0.500. The molecule has 0 saturated carbocycles. The Labute approximate surface area is 311 Å². The molecule has 0 aliphatic carbocycles. The smallest absolute Gasteiger partial charge is 0.269 e. The van der Waals surface area contributed by atoms with E-state index in [0.29, 0.717) is 75.6 Å². The maximum Gasteiger partial charge on any atom is 0.269 e. The lowest BCUT2D eigenvalue weighted by molar-refractivity contribution is -0.385. The highest BCUT2D eigenvalue weighted by Crippen LogP contribution is 2.16. The van der Waals surface area contributed by atoms with E-state index in [-0.39, 0.29) is 85.8 Å². The van der Waals surface area contributed by atoms with Crippen molar-refractivity contribution in [2.75, 3.05) is 26.2 Å². The van der Waals surface area contributed by atoms with E-state index in [0.717, 1.165) is 0 Å². The Morgan fingerprint density at radius 1 is 0.593 bits per heavy atom. The van der Waals surface area contributed by atoms with Gasteiger partial charge in [0.2, 0.25) is 35.4 Å². The number of amides is 6. The van der Waals surface area contributed by atoms with E-state index in [1.54, 1.807) is 24.3 Å². The molecule has 2 aliphatic heterocycles. The fourth-order valence-electron chi connectivity index (χ4n) is 6.25. The number of hydrogen-bond acceptors (Lipinski definition) is 10. The van der Waals surface area contributed by atoms with Gasteiger partial charge in [0.15, 0.2) is 0 Å². The van der Waals surface area contributed by atoms with Gasteiger partial charge in [0, 0.05) is 63.3 Å². The van der Waals surface area contributed by atoms with Crippen molar-refractivity contribution < 1.29 is 38.6 Å². The summed E-state index contributed by atoms with van der Waals surface area (Å²) in [5, 5.41) is 32.6. The van der Waals surface area contributed by atoms with Crippen LogP contribution in [0.5, 0.6) is 0 Å². The minimum absolute atomic E-state index is 0.0515. The number of non-ortho nitro benzene ring substituents is 2. The standard InChI is InChI=1S/C36H46N8O10/c45-31(39-29-7-5-19-41(35(29)49)23-33(47)37-21-25-11-15-27(16-12-25)43(51)52)9-3-1-2-4-10-32(46)40-30-8-6-20-42(36(30)50)24-34(48)38-22-26-13-17-28(18-14-26)44(53)54/h11-18,29-30H,1-10,19-24H2,(H,37,47)(H,38,48)(H,39,45)(H,40,46). The number of nitro benzene ring substituents is 2. The number of nitrogens with one attached hydrogen (secondary N) is 4. The first-order valence-corrected chi connectivity index (χ1v) is 18.1. The molecular formula is C36H46N8O10. The number of nitrogens with zero attached hydrogens (tertiary/aromatic N) is 4. The van der Waals surface area contributed by atoms with Crippen molar-refractivity contribution in [3.8, 4) is 0 Å². The van der Waals surface area contributed by atoms with Gasteiger partial charge in [-0.1, -0.05) is 37.1 Å². The number of nitro groups is 2. The molecule has 2 heterocycles. The monoisotopic (exact) mass is 750 g/mol. The van der Waals surface area contributed by atoms with Crippen molar-refractivity contribution in [1.82, 2.24) is 31.1 Å². The quantitative estimate of drug-likeness (QED) is 0.0924. The van der Waals surface area contributed by atoms with Crippen LogP contribution in [0.25, 0.3) is 0 Å².